The van der Waals surface area contributed by atoms with Crippen LogP contribution in [0.5, 0.6) is 0 Å². The molecular formula is C25H26N2O3. The van der Waals surface area contributed by atoms with E-state index in [2.05, 4.69) is 11.9 Å². The van der Waals surface area contributed by atoms with Gasteiger partial charge < -0.3 is 14.6 Å². The fraction of sp³-hybridized carbons (Fsp3) is 0.360. The number of hydrogen-bond acceptors (Lipinski definition) is 3. The van der Waals surface area contributed by atoms with Crippen molar-refractivity contribution in [3.63, 3.8) is 0 Å². The molecule has 1 amide bonds. The zero-order chi connectivity index (χ0) is 20.7. The quantitative estimate of drug-likeness (QED) is 0.618. The van der Waals surface area contributed by atoms with Crippen molar-refractivity contribution >= 4 is 22.8 Å². The molecule has 1 aliphatic heterocycles. The van der Waals surface area contributed by atoms with Crippen LogP contribution in [-0.2, 0) is 11.3 Å². The number of carbonyl (C=O) groups excluding carboxylic acids is 2. The van der Waals surface area contributed by atoms with Crippen LogP contribution >= 0.6 is 0 Å². The number of benzene rings is 2. The normalized spacial score (nSPS) is 23.2. The Balaban J connectivity index is 1.55. The molecule has 1 aliphatic carbocycles. The average Bonchev–Trinajstić information content (AvgIpc) is 3.18. The van der Waals surface area contributed by atoms with E-state index in [-0.39, 0.29) is 29.9 Å². The lowest BCUT2D eigenvalue weighted by Crippen LogP contribution is -2.51. The highest BCUT2D eigenvalue weighted by atomic mass is 16.6. The fourth-order valence-electron chi connectivity index (χ4n) is 5.41. The van der Waals surface area contributed by atoms with E-state index in [0.717, 1.165) is 41.3 Å². The molecule has 154 valence electrons. The third-order valence-electron chi connectivity index (χ3n) is 6.92. The first-order valence-corrected chi connectivity index (χ1v) is 10.7. The molecule has 0 spiro atoms. The van der Waals surface area contributed by atoms with Gasteiger partial charge in [-0.05, 0) is 30.9 Å². The molecule has 0 radical (unpaired) electrons. The number of amides is 1. The third-order valence-corrected chi connectivity index (χ3v) is 6.92. The molecule has 0 saturated carbocycles. The Morgan fingerprint density at radius 2 is 1.93 bits per heavy atom. The Labute approximate surface area is 176 Å². The minimum Gasteiger partial charge on any atom is -0.445 e. The van der Waals surface area contributed by atoms with Gasteiger partial charge in [0.15, 0.2) is 5.78 Å². The van der Waals surface area contributed by atoms with Crippen molar-refractivity contribution in [2.45, 2.75) is 45.3 Å². The Kier molecular flexibility index (Phi) is 4.61. The maximum absolute atomic E-state index is 13.2. The first-order valence-electron chi connectivity index (χ1n) is 10.7. The molecular weight excluding hydrogens is 376 g/mol. The summed E-state index contributed by atoms with van der Waals surface area (Å²) in [4.78, 5) is 31.5. The number of ether oxygens (including phenoxy) is 1. The highest BCUT2D eigenvalue weighted by molar-refractivity contribution is 6.04. The minimum absolute atomic E-state index is 0.150. The smallest absolute Gasteiger partial charge is 0.410 e. The number of carbonyl (C=O) groups is 2. The van der Waals surface area contributed by atoms with Crippen LogP contribution in [0.3, 0.4) is 0 Å². The van der Waals surface area contributed by atoms with Gasteiger partial charge in [-0.2, -0.15) is 0 Å². The Morgan fingerprint density at radius 3 is 2.73 bits per heavy atom. The van der Waals surface area contributed by atoms with Crippen molar-refractivity contribution in [2.24, 2.45) is 5.41 Å². The first kappa shape index (κ1) is 18.9. The van der Waals surface area contributed by atoms with E-state index in [9.17, 15) is 9.59 Å². The fourth-order valence-corrected chi connectivity index (χ4v) is 5.41. The van der Waals surface area contributed by atoms with Crippen molar-refractivity contribution in [3.8, 4) is 0 Å². The van der Waals surface area contributed by atoms with Crippen molar-refractivity contribution in [2.75, 3.05) is 6.54 Å². The van der Waals surface area contributed by atoms with Crippen molar-refractivity contribution in [3.05, 3.63) is 71.4 Å². The summed E-state index contributed by atoms with van der Waals surface area (Å²) >= 11 is 0. The number of likely N-dealkylation sites (tertiary alicyclic amines) is 1. The van der Waals surface area contributed by atoms with Crippen LogP contribution < -0.4 is 0 Å². The number of Topliss-reactive ketones (excluding diaryl/α,β-unsaturated/α-hetero) is 1. The molecule has 2 atom stereocenters. The molecule has 0 bridgehead atoms. The number of aromatic amines is 1. The molecule has 30 heavy (non-hydrogen) atoms. The summed E-state index contributed by atoms with van der Waals surface area (Å²) in [5, 5.41) is 1.03. The number of para-hydroxylation sites is 1. The summed E-state index contributed by atoms with van der Waals surface area (Å²) in [6.45, 7) is 3.04. The molecule has 3 aromatic rings. The summed E-state index contributed by atoms with van der Waals surface area (Å²) < 4.78 is 5.73. The summed E-state index contributed by atoms with van der Waals surface area (Å²) in [7, 11) is 0. The number of ketones is 1. The van der Waals surface area contributed by atoms with Crippen LogP contribution in [0, 0.1) is 5.41 Å². The van der Waals surface area contributed by atoms with Gasteiger partial charge in [0.25, 0.3) is 0 Å². The number of rotatable bonds is 3. The van der Waals surface area contributed by atoms with Crippen LogP contribution in [0.1, 0.15) is 60.3 Å². The lowest BCUT2D eigenvalue weighted by molar-refractivity contribution is -0.00690. The van der Waals surface area contributed by atoms with E-state index >= 15 is 0 Å². The van der Waals surface area contributed by atoms with Crippen molar-refractivity contribution < 1.29 is 14.3 Å². The van der Waals surface area contributed by atoms with Gasteiger partial charge in [-0.25, -0.2) is 4.79 Å². The van der Waals surface area contributed by atoms with Crippen LogP contribution in [0.4, 0.5) is 4.79 Å². The monoisotopic (exact) mass is 402 g/mol. The Bertz CT molecular complexity index is 1100. The van der Waals surface area contributed by atoms with E-state index < -0.39 is 0 Å². The molecule has 0 unspecified atom stereocenters. The van der Waals surface area contributed by atoms with Gasteiger partial charge in [-0.3, -0.25) is 4.79 Å². The topological polar surface area (TPSA) is 62.4 Å². The number of nitrogens with zero attached hydrogens (tertiary/aromatic N) is 1. The molecule has 2 aromatic carbocycles. The second kappa shape index (κ2) is 7.31. The van der Waals surface area contributed by atoms with Gasteiger partial charge in [0.05, 0.1) is 11.7 Å². The van der Waals surface area contributed by atoms with Crippen molar-refractivity contribution in [1.82, 2.24) is 9.88 Å². The van der Waals surface area contributed by atoms with Gasteiger partial charge in [-0.1, -0.05) is 55.5 Å². The number of H-pyrrole nitrogens is 1. The van der Waals surface area contributed by atoms with Crippen molar-refractivity contribution in [1.29, 1.82) is 0 Å². The zero-order valence-electron chi connectivity index (χ0n) is 17.2. The number of hydrogen-bond donors (Lipinski definition) is 1. The predicted octanol–water partition coefficient (Wildman–Crippen LogP) is 5.62. The van der Waals surface area contributed by atoms with Crippen LogP contribution in [0.2, 0.25) is 0 Å². The summed E-state index contributed by atoms with van der Waals surface area (Å²) in [6, 6.07) is 17.6. The van der Waals surface area contributed by atoms with Crippen LogP contribution in [-0.4, -0.2) is 28.3 Å². The largest absolute Gasteiger partial charge is 0.445 e. The molecule has 1 aromatic heterocycles. The second-order valence-corrected chi connectivity index (χ2v) is 8.51. The molecule has 5 nitrogen and oxygen atoms in total. The van der Waals surface area contributed by atoms with Gasteiger partial charge in [0, 0.05) is 34.8 Å². The van der Waals surface area contributed by atoms with Crippen LogP contribution in [0.25, 0.3) is 10.9 Å². The molecule has 5 heteroatoms. The lowest BCUT2D eigenvalue weighted by atomic mass is 9.62. The number of nitrogens with one attached hydrogen (secondary N) is 1. The molecule has 1 N–H and O–H groups in total. The molecule has 2 heterocycles. The third kappa shape index (κ3) is 2.92. The van der Waals surface area contributed by atoms with E-state index in [4.69, 9.17) is 4.74 Å². The van der Waals surface area contributed by atoms with Crippen LogP contribution in [0.15, 0.2) is 54.6 Å². The standard InChI is InChI=1S/C25H26N2O3/c1-2-25-13-8-14-27(24(29)30-16-17-9-4-3-5-10-17)23(25)21-18-11-6-7-12-19(18)26-22(21)20(28)15-25/h3-7,9-12,23,26H,2,8,13-16H2,1H3/t23-,25+/m1/s1. The Hall–Kier alpha value is -3.08. The van der Waals surface area contributed by atoms with Gasteiger partial charge in [0.2, 0.25) is 0 Å². The number of aromatic nitrogens is 1. The summed E-state index contributed by atoms with van der Waals surface area (Å²) in [5.74, 6) is 0.152. The second-order valence-electron chi connectivity index (χ2n) is 8.51. The highest BCUT2D eigenvalue weighted by Crippen LogP contribution is 2.56. The van der Waals surface area contributed by atoms with E-state index in [1.54, 1.807) is 0 Å². The minimum atomic E-state index is -0.299. The number of piperidine rings is 1. The summed E-state index contributed by atoms with van der Waals surface area (Å²) in [6.07, 6.45) is 2.85. The van der Waals surface area contributed by atoms with Gasteiger partial charge in [-0.15, -0.1) is 0 Å². The van der Waals surface area contributed by atoms with E-state index in [0.29, 0.717) is 18.7 Å². The molecule has 5 rings (SSSR count). The highest BCUT2D eigenvalue weighted by Gasteiger charge is 2.52. The first-order chi connectivity index (χ1) is 14.6. The summed E-state index contributed by atoms with van der Waals surface area (Å²) in [5.41, 5.74) is 3.31. The zero-order valence-corrected chi connectivity index (χ0v) is 17.2. The number of fused-ring (bicyclic) bond motifs is 5. The Morgan fingerprint density at radius 1 is 1.17 bits per heavy atom. The van der Waals surface area contributed by atoms with Gasteiger partial charge in [0.1, 0.15) is 6.61 Å². The maximum atomic E-state index is 13.2. The van der Waals surface area contributed by atoms with E-state index in [1.807, 2.05) is 59.5 Å². The lowest BCUT2D eigenvalue weighted by Gasteiger charge is -2.51. The molecule has 2 aliphatic rings. The average molecular weight is 402 g/mol. The SMILES string of the molecule is CC[C@@]12CCCN(C(=O)OCc3ccccc3)[C@@H]1c1c([nH]c3ccccc13)C(=O)C2. The maximum Gasteiger partial charge on any atom is 0.410 e. The molecule has 1 saturated heterocycles. The van der Waals surface area contributed by atoms with E-state index in [1.165, 1.54) is 0 Å². The predicted molar refractivity (Wildman–Crippen MR) is 115 cm³/mol. The molecule has 1 fully saturated rings. The van der Waals surface area contributed by atoms with Gasteiger partial charge >= 0.3 is 6.09 Å².